The number of hydrogen-bond donors (Lipinski definition) is 2. The summed E-state index contributed by atoms with van der Waals surface area (Å²) >= 11 is 0. The highest BCUT2D eigenvalue weighted by Gasteiger charge is 2.27. The molecule has 12 nitrogen and oxygen atoms in total. The molecule has 2 aromatic heterocycles. The molecule has 2 aromatic carbocycles. The molecule has 0 aliphatic carbocycles. The van der Waals surface area contributed by atoms with Gasteiger partial charge in [-0.05, 0) is 87.2 Å². The number of aromatic nitrogens is 3. The molecule has 1 fully saturated rings. The van der Waals surface area contributed by atoms with Gasteiger partial charge in [0.2, 0.25) is 5.88 Å². The van der Waals surface area contributed by atoms with E-state index in [1.807, 2.05) is 50.6 Å². The van der Waals surface area contributed by atoms with E-state index in [2.05, 4.69) is 44.8 Å². The third-order valence-electron chi connectivity index (χ3n) is 8.56. The van der Waals surface area contributed by atoms with Crippen LogP contribution in [0.5, 0.6) is 5.88 Å². The number of piperazine rings is 1. The molecule has 6 rings (SSSR count). The summed E-state index contributed by atoms with van der Waals surface area (Å²) < 4.78 is 12.6. The second-order valence-electron chi connectivity index (χ2n) is 13.0. The molecule has 1 saturated heterocycles. The fourth-order valence-corrected chi connectivity index (χ4v) is 6.03. The summed E-state index contributed by atoms with van der Waals surface area (Å²) in [6.45, 7) is 11.2. The van der Waals surface area contributed by atoms with Crippen LogP contribution in [-0.2, 0) is 24.2 Å². The average molecular weight is 649 g/mol. The first kappa shape index (κ1) is 32.4. The fraction of sp³-hybridized carbons (Fsp3) is 0.361. The molecular weight excluding hydrogens is 608 g/mol. The number of carbonyl (C=O) groups is 2. The average Bonchev–Trinajstić information content (AvgIpc) is 3.32. The van der Waals surface area contributed by atoms with Crippen LogP contribution in [0, 0.1) is 18.3 Å². The topological polar surface area (TPSA) is 138 Å². The summed E-state index contributed by atoms with van der Waals surface area (Å²) in [5.41, 5.74) is 6.89. The predicted octanol–water partition coefficient (Wildman–Crippen LogP) is 5.42. The van der Waals surface area contributed by atoms with E-state index >= 15 is 0 Å². The molecule has 248 valence electrons. The number of nitrogens with zero attached hydrogens (tertiary/aromatic N) is 6. The SMILES string of the molecule is COc1ncccc1C(=O)NCc1ccc(-c2nn3c(c2C#N)Nc2ccc(N4CCN(C(=O)OC(C)(C)C)CC4)cc2CC3)cc1C. The van der Waals surface area contributed by atoms with Gasteiger partial charge in [-0.15, -0.1) is 0 Å². The number of aryl methyl sites for hydroxylation is 3. The van der Waals surface area contributed by atoms with Crippen molar-refractivity contribution in [2.45, 2.75) is 52.8 Å². The van der Waals surface area contributed by atoms with Gasteiger partial charge >= 0.3 is 6.09 Å². The van der Waals surface area contributed by atoms with Crippen molar-refractivity contribution < 1.29 is 19.1 Å². The van der Waals surface area contributed by atoms with E-state index in [4.69, 9.17) is 14.6 Å². The first-order valence-electron chi connectivity index (χ1n) is 16.1. The van der Waals surface area contributed by atoms with Crippen LogP contribution in [0.15, 0.2) is 54.7 Å². The van der Waals surface area contributed by atoms with Crippen molar-refractivity contribution in [1.82, 2.24) is 25.0 Å². The van der Waals surface area contributed by atoms with E-state index in [0.29, 0.717) is 48.8 Å². The molecule has 48 heavy (non-hydrogen) atoms. The van der Waals surface area contributed by atoms with Gasteiger partial charge in [0.05, 0.1) is 7.11 Å². The Labute approximate surface area is 280 Å². The summed E-state index contributed by atoms with van der Waals surface area (Å²) in [6.07, 6.45) is 2.05. The molecular formula is C36H40N8O4. The van der Waals surface area contributed by atoms with Gasteiger partial charge in [0.15, 0.2) is 0 Å². The lowest BCUT2D eigenvalue weighted by molar-refractivity contribution is 0.0240. The Morgan fingerprint density at radius 1 is 1.06 bits per heavy atom. The van der Waals surface area contributed by atoms with Crippen molar-refractivity contribution in [3.05, 3.63) is 82.5 Å². The predicted molar refractivity (Wildman–Crippen MR) is 183 cm³/mol. The van der Waals surface area contributed by atoms with Crippen LogP contribution in [0.2, 0.25) is 0 Å². The van der Waals surface area contributed by atoms with Crippen LogP contribution in [0.3, 0.4) is 0 Å². The summed E-state index contributed by atoms with van der Waals surface area (Å²) in [6, 6.07) is 18.0. The highest BCUT2D eigenvalue weighted by atomic mass is 16.6. The zero-order valence-electron chi connectivity index (χ0n) is 28.0. The maximum Gasteiger partial charge on any atom is 0.410 e. The first-order chi connectivity index (χ1) is 23.0. The normalized spacial score (nSPS) is 14.2. The number of amides is 2. The summed E-state index contributed by atoms with van der Waals surface area (Å²) in [4.78, 5) is 33.4. The van der Waals surface area contributed by atoms with Crippen molar-refractivity contribution in [3.8, 4) is 23.2 Å². The first-order valence-corrected chi connectivity index (χ1v) is 16.1. The van der Waals surface area contributed by atoms with Gasteiger partial charge in [0, 0.05) is 62.4 Å². The molecule has 12 heteroatoms. The van der Waals surface area contributed by atoms with E-state index in [1.165, 1.54) is 7.11 Å². The number of benzene rings is 2. The van der Waals surface area contributed by atoms with Crippen molar-refractivity contribution in [2.24, 2.45) is 0 Å². The second kappa shape index (κ2) is 13.3. The van der Waals surface area contributed by atoms with Gasteiger partial charge in [0.25, 0.3) is 5.91 Å². The summed E-state index contributed by atoms with van der Waals surface area (Å²) in [5.74, 6) is 0.675. The molecule has 2 aliphatic rings. The van der Waals surface area contributed by atoms with E-state index in [0.717, 1.165) is 53.1 Å². The molecule has 4 heterocycles. The Morgan fingerprint density at radius 3 is 2.56 bits per heavy atom. The number of ether oxygens (including phenoxy) is 2. The van der Waals surface area contributed by atoms with Crippen LogP contribution in [0.1, 0.15) is 53.4 Å². The number of hydrogen-bond acceptors (Lipinski definition) is 9. The van der Waals surface area contributed by atoms with Crippen molar-refractivity contribution >= 4 is 29.2 Å². The van der Waals surface area contributed by atoms with Crippen molar-refractivity contribution in [3.63, 3.8) is 0 Å². The molecule has 4 aromatic rings. The number of anilines is 3. The number of rotatable bonds is 6. The fourth-order valence-electron chi connectivity index (χ4n) is 6.03. The van der Waals surface area contributed by atoms with Gasteiger partial charge in [-0.2, -0.15) is 10.4 Å². The van der Waals surface area contributed by atoms with Crippen LogP contribution in [0.4, 0.5) is 22.0 Å². The summed E-state index contributed by atoms with van der Waals surface area (Å²) in [5, 5.41) is 21.6. The molecule has 0 radical (unpaired) electrons. The maximum absolute atomic E-state index is 12.8. The zero-order valence-corrected chi connectivity index (χ0v) is 28.0. The Bertz CT molecular complexity index is 1900. The summed E-state index contributed by atoms with van der Waals surface area (Å²) in [7, 11) is 1.48. The zero-order chi connectivity index (χ0) is 34.0. The van der Waals surface area contributed by atoms with Gasteiger partial charge in [-0.3, -0.25) is 4.79 Å². The monoisotopic (exact) mass is 648 g/mol. The quantitative estimate of drug-likeness (QED) is 0.281. The molecule has 2 aliphatic heterocycles. The standard InChI is InChI=1S/C36H40N8O4/c1-23-19-25(8-9-26(23)22-39-33(45)28-7-6-13-38-34(28)47-5)31-29(21-37)32-40-30-11-10-27(20-24(30)12-14-44(32)41-31)42-15-17-43(18-16-42)35(46)48-36(2,3)4/h6-11,13,19-20,40H,12,14-18,22H2,1-5H3,(H,39,45). The Kier molecular flexibility index (Phi) is 8.95. The van der Waals surface area contributed by atoms with Crippen LogP contribution < -0.4 is 20.3 Å². The van der Waals surface area contributed by atoms with Crippen LogP contribution in [-0.4, -0.2) is 70.6 Å². The molecule has 0 bridgehead atoms. The molecule has 2 N–H and O–H groups in total. The van der Waals surface area contributed by atoms with E-state index < -0.39 is 5.60 Å². The molecule has 0 saturated carbocycles. The largest absolute Gasteiger partial charge is 0.480 e. The number of nitriles is 1. The third kappa shape index (κ3) is 6.76. The second-order valence-corrected chi connectivity index (χ2v) is 13.0. The lowest BCUT2D eigenvalue weighted by atomic mass is 10.0. The number of pyridine rings is 1. The van der Waals surface area contributed by atoms with Gasteiger partial charge < -0.3 is 29.9 Å². The Balaban J connectivity index is 1.14. The van der Waals surface area contributed by atoms with E-state index in [9.17, 15) is 14.9 Å². The lowest BCUT2D eigenvalue weighted by Gasteiger charge is -2.37. The Hall–Kier alpha value is -5.57. The number of carbonyl (C=O) groups excluding carboxylic acids is 2. The van der Waals surface area contributed by atoms with Gasteiger partial charge in [-0.25, -0.2) is 14.5 Å². The number of fused-ring (bicyclic) bond motifs is 2. The minimum Gasteiger partial charge on any atom is -0.480 e. The molecule has 0 spiro atoms. The van der Waals surface area contributed by atoms with E-state index in [-0.39, 0.29) is 17.9 Å². The van der Waals surface area contributed by atoms with Crippen molar-refractivity contribution in [1.29, 1.82) is 5.26 Å². The smallest absolute Gasteiger partial charge is 0.410 e. The third-order valence-corrected chi connectivity index (χ3v) is 8.56. The maximum atomic E-state index is 12.8. The number of methoxy groups -OCH3 is 1. The van der Waals surface area contributed by atoms with Crippen molar-refractivity contribution in [2.75, 3.05) is 43.5 Å². The van der Waals surface area contributed by atoms with Gasteiger partial charge in [-0.1, -0.05) is 12.1 Å². The Morgan fingerprint density at radius 2 is 1.85 bits per heavy atom. The number of nitrogens with one attached hydrogen (secondary N) is 2. The minimum atomic E-state index is -0.515. The van der Waals surface area contributed by atoms with Crippen LogP contribution >= 0.6 is 0 Å². The van der Waals surface area contributed by atoms with E-state index in [1.54, 1.807) is 23.2 Å². The lowest BCUT2D eigenvalue weighted by Crippen LogP contribution is -2.50. The minimum absolute atomic E-state index is 0.270. The molecule has 0 unspecified atom stereocenters. The van der Waals surface area contributed by atoms with Gasteiger partial charge in [0.1, 0.15) is 34.3 Å². The van der Waals surface area contributed by atoms with Crippen LogP contribution in [0.25, 0.3) is 11.3 Å². The highest BCUT2D eigenvalue weighted by molar-refractivity contribution is 5.96. The highest BCUT2D eigenvalue weighted by Crippen LogP contribution is 2.36. The molecule has 2 amide bonds. The molecule has 0 atom stereocenters.